The van der Waals surface area contributed by atoms with Crippen molar-refractivity contribution in [2.45, 2.75) is 65.7 Å². The van der Waals surface area contributed by atoms with Gasteiger partial charge in [0.25, 0.3) is 0 Å². The maximum atomic E-state index is 14.0. The van der Waals surface area contributed by atoms with E-state index in [4.69, 9.17) is 0 Å². The van der Waals surface area contributed by atoms with E-state index >= 15 is 0 Å². The summed E-state index contributed by atoms with van der Waals surface area (Å²) in [5, 5.41) is 0. The molecule has 0 bridgehead atoms. The fourth-order valence-electron chi connectivity index (χ4n) is 3.54. The van der Waals surface area contributed by atoms with Gasteiger partial charge < -0.3 is 0 Å². The van der Waals surface area contributed by atoms with E-state index in [0.29, 0.717) is 23.5 Å². The molecule has 0 N–H and O–H groups in total. The molecule has 0 amide bonds. The van der Waals surface area contributed by atoms with Gasteiger partial charge in [0, 0.05) is 0 Å². The quantitative estimate of drug-likeness (QED) is 0.660. The summed E-state index contributed by atoms with van der Waals surface area (Å²) in [5.74, 6) is 0.299. The fraction of sp³-hybridized carbons (Fsp3) is 0.667. The van der Waals surface area contributed by atoms with E-state index in [1.54, 1.807) is 13.0 Å². The van der Waals surface area contributed by atoms with Gasteiger partial charge >= 0.3 is 0 Å². The summed E-state index contributed by atoms with van der Waals surface area (Å²) in [7, 11) is 0. The molecule has 0 atom stereocenters. The molecule has 0 heterocycles. The Morgan fingerprint density at radius 2 is 1.55 bits per heavy atom. The molecule has 1 aliphatic rings. The number of halogens is 2. The molecule has 2 rings (SSSR count). The third kappa shape index (κ3) is 3.39. The van der Waals surface area contributed by atoms with E-state index in [1.165, 1.54) is 32.1 Å². The third-order valence-corrected chi connectivity index (χ3v) is 5.06. The number of hydrogen-bond acceptors (Lipinski definition) is 0. The smallest absolute Gasteiger partial charge is 0.162 e. The predicted molar refractivity (Wildman–Crippen MR) is 79.9 cm³/mol. The van der Waals surface area contributed by atoms with Crippen LogP contribution >= 0.6 is 0 Å². The highest BCUT2D eigenvalue weighted by Crippen LogP contribution is 2.33. The molecule has 0 aromatic heterocycles. The molecule has 1 saturated carbocycles. The molecule has 1 fully saturated rings. The molecule has 2 heteroatoms. The van der Waals surface area contributed by atoms with Crippen molar-refractivity contribution in [3.8, 4) is 0 Å². The van der Waals surface area contributed by atoms with Crippen LogP contribution in [0.2, 0.25) is 0 Å². The van der Waals surface area contributed by atoms with E-state index in [0.717, 1.165) is 17.9 Å². The van der Waals surface area contributed by atoms with E-state index < -0.39 is 11.6 Å². The Bertz CT molecular complexity index is 457. The van der Waals surface area contributed by atoms with Crippen molar-refractivity contribution in [2.24, 2.45) is 11.8 Å². The molecule has 1 aromatic rings. The van der Waals surface area contributed by atoms with Crippen molar-refractivity contribution in [1.82, 2.24) is 0 Å². The Morgan fingerprint density at radius 3 is 2.15 bits per heavy atom. The van der Waals surface area contributed by atoms with Crippen LogP contribution in [-0.4, -0.2) is 0 Å². The predicted octanol–water partition coefficient (Wildman–Crippen LogP) is 5.73. The Kier molecular flexibility index (Phi) is 5.17. The molecular formula is C18H26F2. The van der Waals surface area contributed by atoms with Crippen LogP contribution in [-0.2, 0) is 6.42 Å². The van der Waals surface area contributed by atoms with Crippen molar-refractivity contribution < 1.29 is 8.78 Å². The highest BCUT2D eigenvalue weighted by Gasteiger charge is 2.21. The van der Waals surface area contributed by atoms with Gasteiger partial charge in [-0.15, -0.1) is 0 Å². The minimum absolute atomic E-state index is 0.409. The van der Waals surface area contributed by atoms with Crippen LogP contribution in [0.4, 0.5) is 8.78 Å². The minimum atomic E-state index is -0.666. The minimum Gasteiger partial charge on any atom is -0.203 e. The second kappa shape index (κ2) is 6.69. The zero-order chi connectivity index (χ0) is 14.7. The van der Waals surface area contributed by atoms with Gasteiger partial charge in [-0.05, 0) is 55.2 Å². The van der Waals surface area contributed by atoms with Crippen LogP contribution in [0.1, 0.15) is 62.1 Å². The monoisotopic (exact) mass is 280 g/mol. The lowest BCUT2D eigenvalue weighted by molar-refractivity contribution is 0.258. The Hall–Kier alpha value is -0.920. The molecule has 0 nitrogen and oxygen atoms in total. The first-order valence-electron chi connectivity index (χ1n) is 7.97. The van der Waals surface area contributed by atoms with Crippen molar-refractivity contribution in [3.63, 3.8) is 0 Å². The zero-order valence-corrected chi connectivity index (χ0v) is 12.9. The van der Waals surface area contributed by atoms with Gasteiger partial charge in [0.15, 0.2) is 11.6 Å². The summed E-state index contributed by atoms with van der Waals surface area (Å²) in [6.07, 6.45) is 8.09. The molecule has 0 spiro atoms. The molecule has 1 aliphatic carbocycles. The van der Waals surface area contributed by atoms with Crippen molar-refractivity contribution in [1.29, 1.82) is 0 Å². The van der Waals surface area contributed by atoms with Gasteiger partial charge in [-0.25, -0.2) is 8.78 Å². The molecule has 0 unspecified atom stereocenters. The van der Waals surface area contributed by atoms with E-state index in [1.807, 2.05) is 6.92 Å². The number of hydrogen-bond donors (Lipinski definition) is 0. The summed E-state index contributed by atoms with van der Waals surface area (Å²) >= 11 is 0. The van der Waals surface area contributed by atoms with Gasteiger partial charge in [-0.3, -0.25) is 0 Å². The second-order valence-electron chi connectivity index (χ2n) is 6.45. The van der Waals surface area contributed by atoms with Crippen molar-refractivity contribution >= 4 is 0 Å². The maximum absolute atomic E-state index is 14.0. The zero-order valence-electron chi connectivity index (χ0n) is 12.9. The molecule has 0 aliphatic heterocycles. The third-order valence-electron chi connectivity index (χ3n) is 5.06. The number of benzene rings is 1. The fourth-order valence-corrected chi connectivity index (χ4v) is 3.54. The van der Waals surface area contributed by atoms with Crippen LogP contribution < -0.4 is 0 Å². The van der Waals surface area contributed by atoms with E-state index in [-0.39, 0.29) is 0 Å². The normalized spacial score (nSPS) is 23.1. The lowest BCUT2D eigenvalue weighted by Gasteiger charge is -2.28. The Morgan fingerprint density at radius 1 is 0.950 bits per heavy atom. The van der Waals surface area contributed by atoms with Crippen LogP contribution in [0.15, 0.2) is 6.07 Å². The van der Waals surface area contributed by atoms with Gasteiger partial charge in [-0.2, -0.15) is 0 Å². The van der Waals surface area contributed by atoms with Crippen LogP contribution in [0.5, 0.6) is 0 Å². The molecule has 112 valence electrons. The average molecular weight is 280 g/mol. The lowest BCUT2D eigenvalue weighted by Crippen LogP contribution is -2.15. The van der Waals surface area contributed by atoms with Crippen molar-refractivity contribution in [2.75, 3.05) is 0 Å². The molecule has 0 saturated heterocycles. The van der Waals surface area contributed by atoms with Gasteiger partial charge in [0.2, 0.25) is 0 Å². The average Bonchev–Trinajstić information content (AvgIpc) is 2.45. The number of aryl methyl sites for hydroxylation is 2. The summed E-state index contributed by atoms with van der Waals surface area (Å²) < 4.78 is 27.7. The highest BCUT2D eigenvalue weighted by atomic mass is 19.2. The summed E-state index contributed by atoms with van der Waals surface area (Å²) in [6, 6.07) is 1.77. The van der Waals surface area contributed by atoms with Crippen LogP contribution in [0.3, 0.4) is 0 Å². The second-order valence-corrected chi connectivity index (χ2v) is 6.45. The Balaban J connectivity index is 1.97. The van der Waals surface area contributed by atoms with Gasteiger partial charge in [0.05, 0.1) is 0 Å². The maximum Gasteiger partial charge on any atom is 0.162 e. The van der Waals surface area contributed by atoms with Gasteiger partial charge in [0.1, 0.15) is 0 Å². The largest absolute Gasteiger partial charge is 0.203 e. The highest BCUT2D eigenvalue weighted by molar-refractivity contribution is 5.33. The van der Waals surface area contributed by atoms with Crippen molar-refractivity contribution in [3.05, 3.63) is 34.4 Å². The first-order valence-corrected chi connectivity index (χ1v) is 7.97. The number of rotatable bonds is 4. The molecular weight excluding hydrogens is 254 g/mol. The van der Waals surface area contributed by atoms with E-state index in [9.17, 15) is 8.78 Å². The summed E-state index contributed by atoms with van der Waals surface area (Å²) in [5.41, 5.74) is 1.89. The van der Waals surface area contributed by atoms with Crippen LogP contribution in [0, 0.1) is 37.3 Å². The van der Waals surface area contributed by atoms with E-state index in [2.05, 4.69) is 6.92 Å². The first-order chi connectivity index (χ1) is 9.52. The van der Waals surface area contributed by atoms with Gasteiger partial charge in [-0.1, -0.05) is 45.1 Å². The summed E-state index contributed by atoms with van der Waals surface area (Å²) in [6.45, 7) is 5.78. The first kappa shape index (κ1) is 15.5. The SMILES string of the molecule is CCC1CCC(CCc2c(C)cc(C)c(F)c2F)CC1. The standard InChI is InChI=1S/C18H26F2/c1-4-14-5-7-15(8-6-14)9-10-16-12(2)11-13(3)17(19)18(16)20/h11,14-15H,4-10H2,1-3H3. The lowest BCUT2D eigenvalue weighted by atomic mass is 9.78. The summed E-state index contributed by atoms with van der Waals surface area (Å²) in [4.78, 5) is 0. The Labute approximate surface area is 121 Å². The molecule has 20 heavy (non-hydrogen) atoms. The molecule has 0 radical (unpaired) electrons. The van der Waals surface area contributed by atoms with Crippen LogP contribution in [0.25, 0.3) is 0 Å². The topological polar surface area (TPSA) is 0 Å². The molecule has 1 aromatic carbocycles.